The number of amides is 1. The number of hydrogen-bond donors (Lipinski definition) is 0. The van der Waals surface area contributed by atoms with E-state index in [1.165, 1.54) is 7.11 Å². The minimum atomic E-state index is -0.347. The van der Waals surface area contributed by atoms with Crippen LogP contribution in [0.2, 0.25) is 0 Å². The van der Waals surface area contributed by atoms with Crippen LogP contribution in [-0.4, -0.2) is 41.5 Å². The normalized spacial score (nSPS) is 13.4. The van der Waals surface area contributed by atoms with Gasteiger partial charge in [-0.15, -0.1) is 0 Å². The molecule has 0 radical (unpaired) electrons. The number of methoxy groups -OCH3 is 1. The molecule has 1 rings (SSSR count). The largest absolute Gasteiger partial charge is 0.469 e. The maximum Gasteiger partial charge on any atom is 0.310 e. The quantitative estimate of drug-likeness (QED) is 0.748. The maximum absolute atomic E-state index is 12.5. The van der Waals surface area contributed by atoms with Gasteiger partial charge < -0.3 is 9.64 Å². The molecule has 0 saturated carbocycles. The van der Waals surface area contributed by atoms with Crippen LogP contribution in [0.15, 0.2) is 24.5 Å². The van der Waals surface area contributed by atoms with Gasteiger partial charge in [-0.1, -0.05) is 13.8 Å². The number of aromatic nitrogens is 1. The average molecular weight is 278 g/mol. The van der Waals surface area contributed by atoms with Gasteiger partial charge >= 0.3 is 5.97 Å². The molecule has 1 aromatic rings. The molecule has 1 aromatic heterocycles. The summed E-state index contributed by atoms with van der Waals surface area (Å²) in [4.78, 5) is 29.7. The van der Waals surface area contributed by atoms with Crippen LogP contribution in [0.1, 0.15) is 37.6 Å². The minimum Gasteiger partial charge on any atom is -0.469 e. The van der Waals surface area contributed by atoms with Crippen molar-refractivity contribution in [3.8, 4) is 0 Å². The number of pyridine rings is 1. The molecule has 0 aromatic carbocycles. The molecule has 0 saturated heterocycles. The van der Waals surface area contributed by atoms with E-state index in [0.717, 1.165) is 6.42 Å². The van der Waals surface area contributed by atoms with E-state index in [1.807, 2.05) is 13.8 Å². The smallest absolute Gasteiger partial charge is 0.310 e. The van der Waals surface area contributed by atoms with Crippen molar-refractivity contribution < 1.29 is 14.3 Å². The van der Waals surface area contributed by atoms with Gasteiger partial charge in [-0.3, -0.25) is 14.6 Å². The molecule has 1 heterocycles. The highest BCUT2D eigenvalue weighted by Crippen LogP contribution is 2.13. The Morgan fingerprint density at radius 3 is 2.40 bits per heavy atom. The van der Waals surface area contributed by atoms with Crippen LogP contribution in [0, 0.1) is 5.92 Å². The average Bonchev–Trinajstić information content (AvgIpc) is 2.50. The topological polar surface area (TPSA) is 59.5 Å². The Kier molecular flexibility index (Phi) is 6.15. The Hall–Kier alpha value is -1.91. The zero-order valence-electron chi connectivity index (χ0n) is 12.5. The molecule has 0 N–H and O–H groups in total. The molecule has 1 amide bonds. The molecular weight excluding hydrogens is 256 g/mol. The van der Waals surface area contributed by atoms with Crippen LogP contribution in [0.5, 0.6) is 0 Å². The third kappa shape index (κ3) is 4.05. The van der Waals surface area contributed by atoms with Gasteiger partial charge in [-0.05, 0) is 25.5 Å². The van der Waals surface area contributed by atoms with E-state index < -0.39 is 0 Å². The van der Waals surface area contributed by atoms with Crippen molar-refractivity contribution in [2.24, 2.45) is 5.92 Å². The van der Waals surface area contributed by atoms with Crippen molar-refractivity contribution in [1.82, 2.24) is 9.88 Å². The van der Waals surface area contributed by atoms with Crippen LogP contribution < -0.4 is 0 Å². The van der Waals surface area contributed by atoms with Crippen LogP contribution in [0.25, 0.3) is 0 Å². The van der Waals surface area contributed by atoms with Gasteiger partial charge in [0.25, 0.3) is 5.91 Å². The fraction of sp³-hybridized carbons (Fsp3) is 0.533. The van der Waals surface area contributed by atoms with Crippen molar-refractivity contribution in [2.75, 3.05) is 13.7 Å². The number of esters is 1. The summed E-state index contributed by atoms with van der Waals surface area (Å²) in [7, 11) is 1.36. The number of carbonyl (C=O) groups excluding carboxylic acids is 2. The van der Waals surface area contributed by atoms with E-state index in [1.54, 1.807) is 36.4 Å². The van der Waals surface area contributed by atoms with Gasteiger partial charge in [-0.25, -0.2) is 0 Å². The lowest BCUT2D eigenvalue weighted by Crippen LogP contribution is -2.42. The summed E-state index contributed by atoms with van der Waals surface area (Å²) in [6.07, 6.45) is 4.00. The Morgan fingerprint density at radius 1 is 1.30 bits per heavy atom. The molecule has 0 aliphatic rings. The van der Waals surface area contributed by atoms with E-state index in [0.29, 0.717) is 12.1 Å². The molecule has 0 spiro atoms. The SMILES string of the molecule is CCC(C)N(CC(C)C(=O)OC)C(=O)c1ccncc1. The highest BCUT2D eigenvalue weighted by atomic mass is 16.5. The molecule has 110 valence electrons. The van der Waals surface area contributed by atoms with Gasteiger partial charge in [0.1, 0.15) is 0 Å². The number of hydrogen-bond acceptors (Lipinski definition) is 4. The molecule has 20 heavy (non-hydrogen) atoms. The zero-order chi connectivity index (χ0) is 15.1. The van der Waals surface area contributed by atoms with E-state index >= 15 is 0 Å². The lowest BCUT2D eigenvalue weighted by atomic mass is 10.1. The first kappa shape index (κ1) is 16.1. The summed E-state index contributed by atoms with van der Waals surface area (Å²) in [6.45, 7) is 6.10. The Labute approximate surface area is 119 Å². The second-order valence-corrected chi connectivity index (χ2v) is 4.87. The molecule has 0 fully saturated rings. The highest BCUT2D eigenvalue weighted by Gasteiger charge is 2.25. The first-order chi connectivity index (χ1) is 9.51. The molecule has 0 bridgehead atoms. The van der Waals surface area contributed by atoms with Crippen molar-refractivity contribution in [1.29, 1.82) is 0 Å². The molecule has 2 atom stereocenters. The van der Waals surface area contributed by atoms with Gasteiger partial charge in [0.2, 0.25) is 0 Å². The molecule has 0 aliphatic carbocycles. The molecular formula is C15H22N2O3. The van der Waals surface area contributed by atoms with Crippen molar-refractivity contribution >= 4 is 11.9 Å². The summed E-state index contributed by atoms with van der Waals surface area (Å²) in [5, 5.41) is 0. The third-order valence-electron chi connectivity index (χ3n) is 3.39. The van der Waals surface area contributed by atoms with Gasteiger partial charge in [0, 0.05) is 30.5 Å². The summed E-state index contributed by atoms with van der Waals surface area (Å²) in [5.74, 6) is -0.738. The van der Waals surface area contributed by atoms with Crippen molar-refractivity contribution in [3.05, 3.63) is 30.1 Å². The molecule has 2 unspecified atom stereocenters. The van der Waals surface area contributed by atoms with E-state index in [2.05, 4.69) is 4.98 Å². The number of ether oxygens (including phenoxy) is 1. The summed E-state index contributed by atoms with van der Waals surface area (Å²) in [6, 6.07) is 3.42. The summed E-state index contributed by atoms with van der Waals surface area (Å²) in [5.41, 5.74) is 0.581. The number of carbonyl (C=O) groups is 2. The lowest BCUT2D eigenvalue weighted by molar-refractivity contribution is -0.145. The third-order valence-corrected chi connectivity index (χ3v) is 3.39. The second-order valence-electron chi connectivity index (χ2n) is 4.87. The van der Waals surface area contributed by atoms with Crippen LogP contribution >= 0.6 is 0 Å². The minimum absolute atomic E-state index is 0.0581. The standard InChI is InChI=1S/C15H22N2O3/c1-5-12(3)17(10-11(2)15(19)20-4)14(18)13-6-8-16-9-7-13/h6-9,11-12H,5,10H2,1-4H3. The fourth-order valence-electron chi connectivity index (χ4n) is 1.91. The summed E-state index contributed by atoms with van der Waals surface area (Å²) >= 11 is 0. The van der Waals surface area contributed by atoms with Gasteiger partial charge in [0.05, 0.1) is 13.0 Å². The van der Waals surface area contributed by atoms with Crippen LogP contribution in [-0.2, 0) is 9.53 Å². The molecule has 5 heteroatoms. The van der Waals surface area contributed by atoms with Gasteiger partial charge in [-0.2, -0.15) is 0 Å². The predicted molar refractivity (Wildman–Crippen MR) is 76.2 cm³/mol. The lowest BCUT2D eigenvalue weighted by Gasteiger charge is -2.30. The monoisotopic (exact) mass is 278 g/mol. The molecule has 5 nitrogen and oxygen atoms in total. The second kappa shape index (κ2) is 7.62. The van der Waals surface area contributed by atoms with Gasteiger partial charge in [0.15, 0.2) is 0 Å². The van der Waals surface area contributed by atoms with Crippen molar-refractivity contribution in [2.45, 2.75) is 33.2 Å². The predicted octanol–water partition coefficient (Wildman–Crippen LogP) is 2.13. The molecule has 0 aliphatic heterocycles. The maximum atomic E-state index is 12.5. The first-order valence-corrected chi connectivity index (χ1v) is 6.80. The van der Waals surface area contributed by atoms with E-state index in [-0.39, 0.29) is 23.8 Å². The summed E-state index contributed by atoms with van der Waals surface area (Å²) < 4.78 is 4.72. The number of nitrogens with zero attached hydrogens (tertiary/aromatic N) is 2. The number of rotatable bonds is 6. The van der Waals surface area contributed by atoms with E-state index in [4.69, 9.17) is 4.74 Å². The zero-order valence-corrected chi connectivity index (χ0v) is 12.5. The Balaban J connectivity index is 2.90. The first-order valence-electron chi connectivity index (χ1n) is 6.80. The Bertz CT molecular complexity index is 448. The van der Waals surface area contributed by atoms with Crippen LogP contribution in [0.3, 0.4) is 0 Å². The van der Waals surface area contributed by atoms with Crippen molar-refractivity contribution in [3.63, 3.8) is 0 Å². The van der Waals surface area contributed by atoms with E-state index in [9.17, 15) is 9.59 Å². The Morgan fingerprint density at radius 2 is 1.90 bits per heavy atom. The highest BCUT2D eigenvalue weighted by molar-refractivity contribution is 5.94. The van der Waals surface area contributed by atoms with Crippen LogP contribution in [0.4, 0.5) is 0 Å². The fourth-order valence-corrected chi connectivity index (χ4v) is 1.91.